The van der Waals surface area contributed by atoms with Gasteiger partial charge in [0.25, 0.3) is 0 Å². The van der Waals surface area contributed by atoms with Crippen LogP contribution in [0.25, 0.3) is 0 Å². The van der Waals surface area contributed by atoms with Crippen LogP contribution >= 0.6 is 22.9 Å². The molecule has 1 aliphatic carbocycles. The van der Waals surface area contributed by atoms with Crippen LogP contribution in [0.5, 0.6) is 0 Å². The van der Waals surface area contributed by atoms with Crippen molar-refractivity contribution in [3.63, 3.8) is 0 Å². The average molecular weight is 231 g/mol. The topological polar surface area (TPSA) is 20.2 Å². The molecule has 1 unspecified atom stereocenters. The first-order valence-electron chi connectivity index (χ1n) is 5.02. The van der Waals surface area contributed by atoms with Crippen molar-refractivity contribution in [3.05, 3.63) is 21.3 Å². The summed E-state index contributed by atoms with van der Waals surface area (Å²) in [4.78, 5) is 1.00. The lowest BCUT2D eigenvalue weighted by atomic mass is 9.67. The first kappa shape index (κ1) is 10.5. The number of thiophene rings is 1. The third kappa shape index (κ3) is 2.13. The third-order valence-corrected chi connectivity index (χ3v) is 4.50. The van der Waals surface area contributed by atoms with Crippen molar-refractivity contribution in [2.45, 2.75) is 38.7 Å². The minimum Gasteiger partial charge on any atom is -0.388 e. The minimum atomic E-state index is -0.321. The standard InChI is InChI=1S/C11H15ClOS/c1-11(5-2-6-11)7-8(13)9-3-4-10(12)14-9/h3-4,8,13H,2,5-7H2,1H3. The number of hydrogen-bond acceptors (Lipinski definition) is 2. The van der Waals surface area contributed by atoms with E-state index in [1.165, 1.54) is 30.6 Å². The lowest BCUT2D eigenvalue weighted by Gasteiger charge is -2.39. The molecule has 1 saturated carbocycles. The van der Waals surface area contributed by atoms with Crippen molar-refractivity contribution in [1.29, 1.82) is 0 Å². The molecule has 1 fully saturated rings. The molecule has 2 rings (SSSR count). The lowest BCUT2D eigenvalue weighted by molar-refractivity contribution is 0.0565. The van der Waals surface area contributed by atoms with Crippen LogP contribution < -0.4 is 0 Å². The van der Waals surface area contributed by atoms with E-state index in [1.54, 1.807) is 0 Å². The van der Waals surface area contributed by atoms with E-state index < -0.39 is 0 Å². The maximum atomic E-state index is 9.99. The molecule has 0 aromatic carbocycles. The monoisotopic (exact) mass is 230 g/mol. The first-order valence-corrected chi connectivity index (χ1v) is 6.22. The Kier molecular flexibility index (Phi) is 2.87. The van der Waals surface area contributed by atoms with E-state index in [4.69, 9.17) is 11.6 Å². The summed E-state index contributed by atoms with van der Waals surface area (Å²) in [6, 6.07) is 3.79. The Morgan fingerprint density at radius 3 is 2.71 bits per heavy atom. The van der Waals surface area contributed by atoms with Crippen molar-refractivity contribution in [3.8, 4) is 0 Å². The summed E-state index contributed by atoms with van der Waals surface area (Å²) >= 11 is 7.32. The summed E-state index contributed by atoms with van der Waals surface area (Å²) in [5.41, 5.74) is 0.371. The Labute approximate surface area is 93.7 Å². The van der Waals surface area contributed by atoms with Crippen LogP contribution in [0.3, 0.4) is 0 Å². The normalized spacial score (nSPS) is 21.6. The van der Waals surface area contributed by atoms with Crippen LogP contribution in [0.15, 0.2) is 12.1 Å². The quantitative estimate of drug-likeness (QED) is 0.832. The van der Waals surface area contributed by atoms with Crippen LogP contribution in [-0.2, 0) is 0 Å². The number of halogens is 1. The number of aliphatic hydroxyl groups excluding tert-OH is 1. The maximum absolute atomic E-state index is 9.99. The van der Waals surface area contributed by atoms with Crippen molar-refractivity contribution in [1.82, 2.24) is 0 Å². The van der Waals surface area contributed by atoms with Gasteiger partial charge in [0.15, 0.2) is 0 Å². The van der Waals surface area contributed by atoms with Crippen molar-refractivity contribution < 1.29 is 5.11 Å². The molecule has 1 heterocycles. The third-order valence-electron chi connectivity index (χ3n) is 3.17. The molecule has 0 aliphatic heterocycles. The molecule has 78 valence electrons. The Hall–Kier alpha value is -0.0500. The average Bonchev–Trinajstić information content (AvgIpc) is 2.49. The largest absolute Gasteiger partial charge is 0.388 e. The van der Waals surface area contributed by atoms with Crippen LogP contribution in [-0.4, -0.2) is 5.11 Å². The fourth-order valence-corrected chi connectivity index (χ4v) is 3.11. The zero-order chi connectivity index (χ0) is 10.2. The predicted octanol–water partition coefficient (Wildman–Crippen LogP) is 4.02. The fraction of sp³-hybridized carbons (Fsp3) is 0.636. The minimum absolute atomic E-state index is 0.321. The number of aliphatic hydroxyl groups is 1. The zero-order valence-corrected chi connectivity index (χ0v) is 9.87. The second-order valence-electron chi connectivity index (χ2n) is 4.53. The summed E-state index contributed by atoms with van der Waals surface area (Å²) in [7, 11) is 0. The van der Waals surface area contributed by atoms with Crippen LogP contribution in [0.4, 0.5) is 0 Å². The van der Waals surface area contributed by atoms with Gasteiger partial charge >= 0.3 is 0 Å². The van der Waals surface area contributed by atoms with Crippen LogP contribution in [0.1, 0.15) is 43.6 Å². The lowest BCUT2D eigenvalue weighted by Crippen LogP contribution is -2.27. The molecule has 0 radical (unpaired) electrons. The Balaban J connectivity index is 1.98. The summed E-state index contributed by atoms with van der Waals surface area (Å²) < 4.78 is 0.762. The van der Waals surface area contributed by atoms with Gasteiger partial charge in [-0.1, -0.05) is 24.9 Å². The van der Waals surface area contributed by atoms with Gasteiger partial charge in [-0.3, -0.25) is 0 Å². The Bertz CT molecular complexity index is 317. The molecule has 1 nitrogen and oxygen atoms in total. The van der Waals surface area contributed by atoms with Gasteiger partial charge < -0.3 is 5.11 Å². The fourth-order valence-electron chi connectivity index (χ4n) is 2.06. The molecule has 0 bridgehead atoms. The highest BCUT2D eigenvalue weighted by Crippen LogP contribution is 2.47. The van der Waals surface area contributed by atoms with Crippen LogP contribution in [0.2, 0.25) is 4.34 Å². The first-order chi connectivity index (χ1) is 6.59. The van der Waals surface area contributed by atoms with Gasteiger partial charge in [-0.2, -0.15) is 0 Å². The van der Waals surface area contributed by atoms with Gasteiger partial charge in [0.2, 0.25) is 0 Å². The highest BCUT2D eigenvalue weighted by molar-refractivity contribution is 7.16. The number of rotatable bonds is 3. The van der Waals surface area contributed by atoms with Crippen molar-refractivity contribution >= 4 is 22.9 Å². The Morgan fingerprint density at radius 1 is 1.57 bits per heavy atom. The van der Waals surface area contributed by atoms with E-state index in [9.17, 15) is 5.11 Å². The van der Waals surface area contributed by atoms with E-state index in [1.807, 2.05) is 12.1 Å². The predicted molar refractivity (Wildman–Crippen MR) is 60.9 cm³/mol. The molecule has 0 spiro atoms. The van der Waals surface area contributed by atoms with Gasteiger partial charge in [-0.25, -0.2) is 0 Å². The van der Waals surface area contributed by atoms with Gasteiger partial charge in [-0.15, -0.1) is 11.3 Å². The summed E-state index contributed by atoms with van der Waals surface area (Å²) in [6.07, 6.45) is 4.38. The molecule has 0 amide bonds. The SMILES string of the molecule is CC1(CC(O)c2ccc(Cl)s2)CCC1. The van der Waals surface area contributed by atoms with E-state index >= 15 is 0 Å². The van der Waals surface area contributed by atoms with Gasteiger partial charge in [-0.05, 0) is 36.8 Å². The zero-order valence-electron chi connectivity index (χ0n) is 8.29. The molecule has 1 aromatic heterocycles. The molecule has 1 atom stereocenters. The summed E-state index contributed by atoms with van der Waals surface area (Å²) in [5, 5.41) is 9.99. The van der Waals surface area contributed by atoms with E-state index in [2.05, 4.69) is 6.92 Å². The molecule has 1 N–H and O–H groups in total. The van der Waals surface area contributed by atoms with Gasteiger partial charge in [0.1, 0.15) is 0 Å². The summed E-state index contributed by atoms with van der Waals surface area (Å²) in [5.74, 6) is 0. The molecule has 1 aliphatic rings. The molecular formula is C11H15ClOS. The summed E-state index contributed by atoms with van der Waals surface area (Å²) in [6.45, 7) is 2.26. The highest BCUT2D eigenvalue weighted by Gasteiger charge is 2.34. The van der Waals surface area contributed by atoms with E-state index in [0.29, 0.717) is 5.41 Å². The molecule has 0 saturated heterocycles. The van der Waals surface area contributed by atoms with Crippen molar-refractivity contribution in [2.24, 2.45) is 5.41 Å². The molecular weight excluding hydrogens is 216 g/mol. The maximum Gasteiger partial charge on any atom is 0.0932 e. The Morgan fingerprint density at radius 2 is 2.29 bits per heavy atom. The second kappa shape index (κ2) is 3.84. The molecule has 1 aromatic rings. The molecule has 3 heteroatoms. The van der Waals surface area contributed by atoms with Gasteiger partial charge in [0, 0.05) is 4.88 Å². The highest BCUT2D eigenvalue weighted by atomic mass is 35.5. The van der Waals surface area contributed by atoms with Crippen LogP contribution in [0, 0.1) is 5.41 Å². The van der Waals surface area contributed by atoms with E-state index in [-0.39, 0.29) is 6.10 Å². The van der Waals surface area contributed by atoms with Gasteiger partial charge in [0.05, 0.1) is 10.4 Å². The number of hydrogen-bond donors (Lipinski definition) is 1. The smallest absolute Gasteiger partial charge is 0.0932 e. The van der Waals surface area contributed by atoms with Crippen molar-refractivity contribution in [2.75, 3.05) is 0 Å². The van der Waals surface area contributed by atoms with E-state index in [0.717, 1.165) is 15.6 Å². The second-order valence-corrected chi connectivity index (χ2v) is 6.27. The molecule has 14 heavy (non-hydrogen) atoms.